The lowest BCUT2D eigenvalue weighted by atomic mass is 9.86. The molecule has 0 aliphatic carbocycles. The molecule has 4 nitrogen and oxygen atoms in total. The molecule has 0 fully saturated rings. The molecule has 1 heterocycles. The first-order chi connectivity index (χ1) is 9.75. The molecule has 0 saturated carbocycles. The maximum absolute atomic E-state index is 12.3. The standard InChI is InChI=1S/C16H15N3O/c17-16-18-14(12-9-5-2-6-10-12)13(15(20)19-16)11-7-3-1-4-8-11/h1-10,13-14H,(H3,17,18,19,20)/t13-,14-/m0/s1. The summed E-state index contributed by atoms with van der Waals surface area (Å²) in [4.78, 5) is 16.7. The van der Waals surface area contributed by atoms with Gasteiger partial charge in [-0.15, -0.1) is 0 Å². The molecule has 1 aliphatic rings. The molecule has 0 unspecified atom stereocenters. The predicted octanol–water partition coefficient (Wildman–Crippen LogP) is 1.96. The zero-order valence-corrected chi connectivity index (χ0v) is 10.9. The second kappa shape index (κ2) is 5.17. The van der Waals surface area contributed by atoms with Gasteiger partial charge in [0.1, 0.15) is 0 Å². The summed E-state index contributed by atoms with van der Waals surface area (Å²) in [5.41, 5.74) is 7.64. The molecular formula is C16H15N3O. The van der Waals surface area contributed by atoms with Crippen LogP contribution in [-0.2, 0) is 4.79 Å². The van der Waals surface area contributed by atoms with E-state index in [0.29, 0.717) is 0 Å². The summed E-state index contributed by atoms with van der Waals surface area (Å²) in [6.45, 7) is 0. The van der Waals surface area contributed by atoms with Gasteiger partial charge in [-0.25, -0.2) is 4.99 Å². The van der Waals surface area contributed by atoms with E-state index in [9.17, 15) is 4.79 Å². The lowest BCUT2D eigenvalue weighted by Gasteiger charge is -2.28. The first-order valence-corrected chi connectivity index (χ1v) is 6.50. The Hall–Kier alpha value is -2.62. The Morgan fingerprint density at radius 1 is 0.900 bits per heavy atom. The first kappa shape index (κ1) is 12.4. The van der Waals surface area contributed by atoms with Crippen LogP contribution in [0.3, 0.4) is 0 Å². The first-order valence-electron chi connectivity index (χ1n) is 6.50. The summed E-state index contributed by atoms with van der Waals surface area (Å²) in [7, 11) is 0. The van der Waals surface area contributed by atoms with E-state index < -0.39 is 0 Å². The van der Waals surface area contributed by atoms with Crippen LogP contribution in [-0.4, -0.2) is 11.9 Å². The van der Waals surface area contributed by atoms with Crippen LogP contribution in [0.5, 0.6) is 0 Å². The summed E-state index contributed by atoms with van der Waals surface area (Å²) in [5, 5.41) is 2.62. The van der Waals surface area contributed by atoms with E-state index in [1.165, 1.54) is 0 Å². The van der Waals surface area contributed by atoms with Crippen molar-refractivity contribution in [2.24, 2.45) is 10.7 Å². The smallest absolute Gasteiger partial charge is 0.236 e. The van der Waals surface area contributed by atoms with E-state index in [4.69, 9.17) is 5.73 Å². The second-order valence-corrected chi connectivity index (χ2v) is 4.75. The van der Waals surface area contributed by atoms with E-state index in [1.54, 1.807) is 0 Å². The normalized spacial score (nSPS) is 22.0. The van der Waals surface area contributed by atoms with Gasteiger partial charge in [0.05, 0.1) is 12.0 Å². The molecule has 2 aromatic carbocycles. The summed E-state index contributed by atoms with van der Waals surface area (Å²) in [6, 6.07) is 19.1. The van der Waals surface area contributed by atoms with Gasteiger partial charge in [0.2, 0.25) is 5.91 Å². The highest BCUT2D eigenvalue weighted by Crippen LogP contribution is 2.35. The highest BCUT2D eigenvalue weighted by Gasteiger charge is 2.34. The zero-order chi connectivity index (χ0) is 13.9. The van der Waals surface area contributed by atoms with Crippen molar-refractivity contribution < 1.29 is 4.79 Å². The van der Waals surface area contributed by atoms with Gasteiger partial charge in [0.15, 0.2) is 5.96 Å². The Labute approximate surface area is 117 Å². The summed E-state index contributed by atoms with van der Waals surface area (Å²) < 4.78 is 0. The van der Waals surface area contributed by atoms with Crippen LogP contribution in [0.1, 0.15) is 23.1 Å². The molecule has 4 heteroatoms. The van der Waals surface area contributed by atoms with Gasteiger partial charge in [0, 0.05) is 0 Å². The Morgan fingerprint density at radius 2 is 1.45 bits per heavy atom. The minimum Gasteiger partial charge on any atom is -0.370 e. The number of hydrogen-bond acceptors (Lipinski definition) is 3. The summed E-state index contributed by atoms with van der Waals surface area (Å²) >= 11 is 0. The number of aliphatic imine (C=N–C) groups is 1. The van der Waals surface area contributed by atoms with Crippen molar-refractivity contribution in [3.8, 4) is 0 Å². The van der Waals surface area contributed by atoms with Crippen LogP contribution in [0.2, 0.25) is 0 Å². The van der Waals surface area contributed by atoms with Crippen LogP contribution in [0.25, 0.3) is 0 Å². The number of benzene rings is 2. The van der Waals surface area contributed by atoms with Crippen LogP contribution >= 0.6 is 0 Å². The zero-order valence-electron chi connectivity index (χ0n) is 10.9. The second-order valence-electron chi connectivity index (χ2n) is 4.75. The number of nitrogens with one attached hydrogen (secondary N) is 1. The molecular weight excluding hydrogens is 250 g/mol. The third-order valence-electron chi connectivity index (χ3n) is 3.43. The molecule has 3 rings (SSSR count). The maximum Gasteiger partial charge on any atom is 0.236 e. The third kappa shape index (κ3) is 2.28. The van der Waals surface area contributed by atoms with Gasteiger partial charge in [-0.05, 0) is 11.1 Å². The van der Waals surface area contributed by atoms with Crippen molar-refractivity contribution in [1.29, 1.82) is 0 Å². The Morgan fingerprint density at radius 3 is 2.05 bits per heavy atom. The number of hydrogen-bond donors (Lipinski definition) is 2. The predicted molar refractivity (Wildman–Crippen MR) is 78.1 cm³/mol. The number of carbonyl (C=O) groups excluding carboxylic acids is 1. The van der Waals surface area contributed by atoms with E-state index >= 15 is 0 Å². The Bertz CT molecular complexity index is 637. The van der Waals surface area contributed by atoms with Crippen molar-refractivity contribution in [3.63, 3.8) is 0 Å². The van der Waals surface area contributed by atoms with Gasteiger partial charge in [-0.1, -0.05) is 60.7 Å². The van der Waals surface area contributed by atoms with Crippen molar-refractivity contribution in [3.05, 3.63) is 71.8 Å². The van der Waals surface area contributed by atoms with Crippen molar-refractivity contribution in [2.45, 2.75) is 12.0 Å². The van der Waals surface area contributed by atoms with Crippen LogP contribution in [0.15, 0.2) is 65.7 Å². The fourth-order valence-electron chi connectivity index (χ4n) is 2.52. The molecule has 1 amide bonds. The van der Waals surface area contributed by atoms with Crippen LogP contribution in [0, 0.1) is 0 Å². The lowest BCUT2D eigenvalue weighted by Crippen LogP contribution is -2.45. The quantitative estimate of drug-likeness (QED) is 0.871. The van der Waals surface area contributed by atoms with Crippen molar-refractivity contribution >= 4 is 11.9 Å². The molecule has 0 spiro atoms. The highest BCUT2D eigenvalue weighted by molar-refractivity contribution is 6.01. The van der Waals surface area contributed by atoms with Crippen molar-refractivity contribution in [2.75, 3.05) is 0 Å². The molecule has 3 N–H and O–H groups in total. The largest absolute Gasteiger partial charge is 0.370 e. The van der Waals surface area contributed by atoms with Gasteiger partial charge in [-0.3, -0.25) is 10.1 Å². The molecule has 20 heavy (non-hydrogen) atoms. The molecule has 2 atom stereocenters. The number of nitrogens with two attached hydrogens (primary N) is 1. The summed E-state index contributed by atoms with van der Waals surface area (Å²) in [5.74, 6) is -0.292. The average molecular weight is 265 g/mol. The monoisotopic (exact) mass is 265 g/mol. The Kier molecular flexibility index (Phi) is 3.21. The highest BCUT2D eigenvalue weighted by atomic mass is 16.2. The topological polar surface area (TPSA) is 67.5 Å². The van der Waals surface area contributed by atoms with Gasteiger partial charge < -0.3 is 5.73 Å². The number of nitrogens with zero attached hydrogens (tertiary/aromatic N) is 1. The van der Waals surface area contributed by atoms with Gasteiger partial charge >= 0.3 is 0 Å². The third-order valence-corrected chi connectivity index (χ3v) is 3.43. The maximum atomic E-state index is 12.3. The van der Waals surface area contributed by atoms with E-state index in [2.05, 4.69) is 10.3 Å². The Balaban J connectivity index is 2.08. The number of amides is 1. The molecule has 0 bridgehead atoms. The molecule has 1 aliphatic heterocycles. The fraction of sp³-hybridized carbons (Fsp3) is 0.125. The minimum atomic E-state index is -0.356. The molecule has 2 aromatic rings. The number of carbonyl (C=O) groups is 1. The average Bonchev–Trinajstić information content (AvgIpc) is 2.48. The molecule has 0 radical (unpaired) electrons. The van der Waals surface area contributed by atoms with E-state index in [0.717, 1.165) is 11.1 Å². The van der Waals surface area contributed by atoms with Crippen molar-refractivity contribution in [1.82, 2.24) is 5.32 Å². The summed E-state index contributed by atoms with van der Waals surface area (Å²) in [6.07, 6.45) is 0. The minimum absolute atomic E-state index is 0.113. The van der Waals surface area contributed by atoms with E-state index in [-0.39, 0.29) is 23.8 Å². The molecule has 100 valence electrons. The van der Waals surface area contributed by atoms with Crippen LogP contribution < -0.4 is 11.1 Å². The van der Waals surface area contributed by atoms with E-state index in [1.807, 2.05) is 60.7 Å². The van der Waals surface area contributed by atoms with Gasteiger partial charge in [-0.2, -0.15) is 0 Å². The number of rotatable bonds is 2. The SMILES string of the molecule is NC1=N[C@@H](c2ccccc2)[C@H](c2ccccc2)C(=O)N1. The van der Waals surface area contributed by atoms with Gasteiger partial charge in [0.25, 0.3) is 0 Å². The lowest BCUT2D eigenvalue weighted by molar-refractivity contribution is -0.122. The number of guanidine groups is 1. The molecule has 0 aromatic heterocycles. The fourth-order valence-corrected chi connectivity index (χ4v) is 2.52. The molecule has 0 saturated heterocycles. The van der Waals surface area contributed by atoms with Crippen LogP contribution in [0.4, 0.5) is 0 Å².